The van der Waals surface area contributed by atoms with Crippen molar-refractivity contribution in [1.29, 1.82) is 0 Å². The van der Waals surface area contributed by atoms with Crippen LogP contribution in [0.3, 0.4) is 0 Å². The van der Waals surface area contributed by atoms with Crippen molar-refractivity contribution in [2.75, 3.05) is 7.11 Å². The van der Waals surface area contributed by atoms with Gasteiger partial charge in [0.2, 0.25) is 0 Å². The third-order valence-corrected chi connectivity index (χ3v) is 2.95. The zero-order chi connectivity index (χ0) is 11.0. The quantitative estimate of drug-likeness (QED) is 0.757. The van der Waals surface area contributed by atoms with Crippen LogP contribution in [0.25, 0.3) is 10.9 Å². The first-order chi connectivity index (χ1) is 7.13. The van der Waals surface area contributed by atoms with Crippen LogP contribution in [0, 0.1) is 6.92 Å². The summed E-state index contributed by atoms with van der Waals surface area (Å²) in [6.45, 7) is 1.90. The summed E-state index contributed by atoms with van der Waals surface area (Å²) < 4.78 is 5.20. The van der Waals surface area contributed by atoms with E-state index in [4.69, 9.17) is 27.9 Å². The van der Waals surface area contributed by atoms with Crippen LogP contribution < -0.4 is 4.74 Å². The van der Waals surface area contributed by atoms with Gasteiger partial charge in [-0.05, 0) is 18.6 Å². The van der Waals surface area contributed by atoms with Gasteiger partial charge in [-0.2, -0.15) is 0 Å². The van der Waals surface area contributed by atoms with E-state index in [0.29, 0.717) is 15.8 Å². The molecular formula is C11H9Cl2NO. The first kappa shape index (κ1) is 10.5. The van der Waals surface area contributed by atoms with E-state index in [1.807, 2.05) is 6.92 Å². The second kappa shape index (κ2) is 3.87. The highest BCUT2D eigenvalue weighted by Gasteiger charge is 2.09. The average Bonchev–Trinajstić information content (AvgIpc) is 2.23. The van der Waals surface area contributed by atoms with Crippen molar-refractivity contribution in [3.8, 4) is 5.75 Å². The van der Waals surface area contributed by atoms with Crippen molar-refractivity contribution in [2.24, 2.45) is 0 Å². The van der Waals surface area contributed by atoms with Crippen molar-refractivity contribution >= 4 is 34.1 Å². The number of hydrogen-bond donors (Lipinski definition) is 0. The molecule has 0 spiro atoms. The molecule has 0 aliphatic heterocycles. The number of aromatic nitrogens is 1. The molecule has 0 amide bonds. The standard InChI is InChI=1S/C11H9Cl2NO/c1-6-5-14-11-8(10(6)13)3-7(12)4-9(11)15-2/h3-5H,1-2H3. The topological polar surface area (TPSA) is 22.1 Å². The summed E-state index contributed by atoms with van der Waals surface area (Å²) in [4.78, 5) is 4.29. The first-order valence-corrected chi connectivity index (χ1v) is 5.17. The summed E-state index contributed by atoms with van der Waals surface area (Å²) in [7, 11) is 1.58. The Morgan fingerprint density at radius 1 is 1.27 bits per heavy atom. The van der Waals surface area contributed by atoms with E-state index in [9.17, 15) is 0 Å². The molecule has 0 fully saturated rings. The first-order valence-electron chi connectivity index (χ1n) is 4.42. The monoisotopic (exact) mass is 241 g/mol. The number of pyridine rings is 1. The number of methoxy groups -OCH3 is 1. The maximum absolute atomic E-state index is 6.17. The van der Waals surface area contributed by atoms with Crippen LogP contribution in [0.2, 0.25) is 10.0 Å². The van der Waals surface area contributed by atoms with Crippen LogP contribution in [0.1, 0.15) is 5.56 Å². The molecule has 2 nitrogen and oxygen atoms in total. The molecule has 2 aromatic rings. The van der Waals surface area contributed by atoms with Crippen LogP contribution in [-0.4, -0.2) is 12.1 Å². The van der Waals surface area contributed by atoms with E-state index in [-0.39, 0.29) is 0 Å². The number of nitrogens with zero attached hydrogens (tertiary/aromatic N) is 1. The van der Waals surface area contributed by atoms with Gasteiger partial charge in [0.05, 0.1) is 12.1 Å². The Hall–Kier alpha value is -0.990. The lowest BCUT2D eigenvalue weighted by Crippen LogP contribution is -1.90. The average molecular weight is 242 g/mol. The number of benzene rings is 1. The summed E-state index contributed by atoms with van der Waals surface area (Å²) in [6, 6.07) is 3.52. The fraction of sp³-hybridized carbons (Fsp3) is 0.182. The van der Waals surface area contributed by atoms with Gasteiger partial charge in [0, 0.05) is 22.7 Å². The maximum Gasteiger partial charge on any atom is 0.146 e. The van der Waals surface area contributed by atoms with E-state index in [1.165, 1.54) is 0 Å². The molecule has 0 radical (unpaired) electrons. The van der Waals surface area contributed by atoms with E-state index in [0.717, 1.165) is 16.5 Å². The minimum atomic E-state index is 0.591. The van der Waals surface area contributed by atoms with Crippen LogP contribution in [0.5, 0.6) is 5.75 Å². The van der Waals surface area contributed by atoms with Gasteiger partial charge in [0.1, 0.15) is 11.3 Å². The Balaban J connectivity index is 2.89. The predicted molar refractivity (Wildman–Crippen MR) is 63.1 cm³/mol. The molecule has 0 saturated carbocycles. The summed E-state index contributed by atoms with van der Waals surface area (Å²) in [6.07, 6.45) is 1.72. The molecule has 1 heterocycles. The van der Waals surface area contributed by atoms with Gasteiger partial charge in [-0.15, -0.1) is 0 Å². The second-order valence-corrected chi connectivity index (χ2v) is 4.07. The van der Waals surface area contributed by atoms with Gasteiger partial charge in [-0.25, -0.2) is 0 Å². The van der Waals surface area contributed by atoms with E-state index in [2.05, 4.69) is 4.98 Å². The molecule has 0 bridgehead atoms. The molecule has 2 rings (SSSR count). The lowest BCUT2D eigenvalue weighted by Gasteiger charge is -2.08. The predicted octanol–water partition coefficient (Wildman–Crippen LogP) is 3.86. The summed E-state index contributed by atoms with van der Waals surface area (Å²) in [5.41, 5.74) is 1.66. The fourth-order valence-corrected chi connectivity index (χ4v) is 1.86. The lowest BCUT2D eigenvalue weighted by atomic mass is 10.1. The maximum atomic E-state index is 6.17. The number of ether oxygens (including phenoxy) is 1. The van der Waals surface area contributed by atoms with Gasteiger partial charge in [0.25, 0.3) is 0 Å². The molecular weight excluding hydrogens is 233 g/mol. The van der Waals surface area contributed by atoms with Crippen molar-refractivity contribution in [2.45, 2.75) is 6.92 Å². The van der Waals surface area contributed by atoms with Gasteiger partial charge in [-0.3, -0.25) is 4.98 Å². The minimum absolute atomic E-state index is 0.591. The van der Waals surface area contributed by atoms with Gasteiger partial charge >= 0.3 is 0 Å². The van der Waals surface area contributed by atoms with Gasteiger partial charge in [-0.1, -0.05) is 23.2 Å². The summed E-state index contributed by atoms with van der Waals surface area (Å²) in [5.74, 6) is 0.638. The molecule has 0 aliphatic rings. The molecule has 4 heteroatoms. The molecule has 0 saturated heterocycles. The van der Waals surface area contributed by atoms with Crippen molar-refractivity contribution < 1.29 is 4.74 Å². The Bertz CT molecular complexity index is 525. The van der Waals surface area contributed by atoms with Gasteiger partial charge in [0.15, 0.2) is 0 Å². The Morgan fingerprint density at radius 3 is 2.67 bits per heavy atom. The third kappa shape index (κ3) is 1.75. The van der Waals surface area contributed by atoms with Crippen LogP contribution in [0.4, 0.5) is 0 Å². The Labute approximate surface area is 97.8 Å². The van der Waals surface area contributed by atoms with Crippen LogP contribution >= 0.6 is 23.2 Å². The molecule has 0 atom stereocenters. The SMILES string of the molecule is COc1cc(Cl)cc2c(Cl)c(C)cnc12. The zero-order valence-electron chi connectivity index (χ0n) is 8.34. The number of rotatable bonds is 1. The summed E-state index contributed by atoms with van der Waals surface area (Å²) in [5, 5.41) is 2.08. The highest BCUT2D eigenvalue weighted by atomic mass is 35.5. The molecule has 0 unspecified atom stereocenters. The second-order valence-electron chi connectivity index (χ2n) is 3.26. The van der Waals surface area contributed by atoms with Gasteiger partial charge < -0.3 is 4.74 Å². The normalized spacial score (nSPS) is 10.7. The summed E-state index contributed by atoms with van der Waals surface area (Å²) >= 11 is 12.1. The lowest BCUT2D eigenvalue weighted by molar-refractivity contribution is 0.419. The fourth-order valence-electron chi connectivity index (χ4n) is 1.46. The van der Waals surface area contributed by atoms with Crippen LogP contribution in [0.15, 0.2) is 18.3 Å². The number of hydrogen-bond acceptors (Lipinski definition) is 2. The number of halogens is 2. The van der Waals surface area contributed by atoms with Crippen LogP contribution in [-0.2, 0) is 0 Å². The highest BCUT2D eigenvalue weighted by Crippen LogP contribution is 2.33. The number of aryl methyl sites for hydroxylation is 1. The van der Waals surface area contributed by atoms with E-state index < -0.39 is 0 Å². The molecule has 15 heavy (non-hydrogen) atoms. The number of fused-ring (bicyclic) bond motifs is 1. The molecule has 1 aromatic carbocycles. The minimum Gasteiger partial charge on any atom is -0.494 e. The highest BCUT2D eigenvalue weighted by molar-refractivity contribution is 6.37. The molecule has 0 N–H and O–H groups in total. The smallest absolute Gasteiger partial charge is 0.146 e. The van der Waals surface area contributed by atoms with E-state index >= 15 is 0 Å². The molecule has 0 aliphatic carbocycles. The van der Waals surface area contributed by atoms with Crippen molar-refractivity contribution in [3.63, 3.8) is 0 Å². The Kier molecular flexibility index (Phi) is 2.72. The zero-order valence-corrected chi connectivity index (χ0v) is 9.86. The van der Waals surface area contributed by atoms with Crippen molar-refractivity contribution in [3.05, 3.63) is 33.9 Å². The Morgan fingerprint density at radius 2 is 2.00 bits per heavy atom. The molecule has 78 valence electrons. The van der Waals surface area contributed by atoms with Crippen molar-refractivity contribution in [1.82, 2.24) is 4.98 Å². The molecule has 1 aromatic heterocycles. The van der Waals surface area contributed by atoms with E-state index in [1.54, 1.807) is 25.4 Å². The third-order valence-electron chi connectivity index (χ3n) is 2.23. The largest absolute Gasteiger partial charge is 0.494 e.